The number of rotatable bonds is 3. The normalized spacial score (nSPS) is 24.4. The van der Waals surface area contributed by atoms with Gasteiger partial charge in [0.2, 0.25) is 0 Å². The summed E-state index contributed by atoms with van der Waals surface area (Å²) < 4.78 is 5.68. The van der Waals surface area contributed by atoms with Gasteiger partial charge in [-0.15, -0.1) is 0 Å². The molecule has 1 aromatic rings. The van der Waals surface area contributed by atoms with E-state index >= 15 is 0 Å². The Hall–Kier alpha value is -1.75. The van der Waals surface area contributed by atoms with Gasteiger partial charge in [-0.05, 0) is 43.9 Å². The lowest BCUT2D eigenvalue weighted by Crippen LogP contribution is -2.59. The van der Waals surface area contributed by atoms with Crippen molar-refractivity contribution >= 4 is 29.1 Å². The van der Waals surface area contributed by atoms with Gasteiger partial charge >= 0.3 is 0 Å². The smallest absolute Gasteiger partial charge is 0.278 e. The van der Waals surface area contributed by atoms with Gasteiger partial charge in [0, 0.05) is 11.6 Å². The van der Waals surface area contributed by atoms with Crippen LogP contribution in [0, 0.1) is 5.92 Å². The summed E-state index contributed by atoms with van der Waals surface area (Å²) in [7, 11) is 0. The van der Waals surface area contributed by atoms with E-state index in [9.17, 15) is 9.59 Å². The number of benzene rings is 1. The van der Waals surface area contributed by atoms with E-state index in [4.69, 9.17) is 16.3 Å². The second-order valence-electron chi connectivity index (χ2n) is 6.09. The van der Waals surface area contributed by atoms with Crippen molar-refractivity contribution in [3.05, 3.63) is 23.2 Å². The highest BCUT2D eigenvalue weighted by atomic mass is 35.5. The lowest BCUT2D eigenvalue weighted by molar-refractivity contribution is -0.146. The lowest BCUT2D eigenvalue weighted by atomic mass is 10.0. The van der Waals surface area contributed by atoms with Crippen LogP contribution in [0.5, 0.6) is 5.75 Å². The minimum atomic E-state index is -1.56. The molecule has 1 atom stereocenters. The molecular formula is C16H19ClN2O3. The molecule has 1 aliphatic heterocycles. The van der Waals surface area contributed by atoms with Crippen molar-refractivity contribution in [3.63, 3.8) is 0 Å². The molecule has 1 heterocycles. The first-order valence-corrected chi connectivity index (χ1v) is 7.95. The van der Waals surface area contributed by atoms with E-state index in [1.165, 1.54) is 19.8 Å². The summed E-state index contributed by atoms with van der Waals surface area (Å²) in [5, 5.41) is 6.04. The van der Waals surface area contributed by atoms with Crippen LogP contribution in [0.15, 0.2) is 18.2 Å². The third-order valence-electron chi connectivity index (χ3n) is 4.40. The summed E-state index contributed by atoms with van der Waals surface area (Å²) in [5.41, 5.74) is -1.07. The molecule has 1 aliphatic carbocycles. The summed E-state index contributed by atoms with van der Waals surface area (Å²) >= 11 is 5.89. The van der Waals surface area contributed by atoms with Gasteiger partial charge in [0.05, 0.1) is 5.69 Å². The van der Waals surface area contributed by atoms with Crippen molar-refractivity contribution in [1.29, 1.82) is 0 Å². The van der Waals surface area contributed by atoms with E-state index in [1.54, 1.807) is 18.2 Å². The van der Waals surface area contributed by atoms with Crippen LogP contribution in [0.1, 0.15) is 32.6 Å². The van der Waals surface area contributed by atoms with E-state index < -0.39 is 17.4 Å². The van der Waals surface area contributed by atoms with Crippen molar-refractivity contribution in [2.24, 2.45) is 5.92 Å². The second kappa shape index (κ2) is 5.80. The fraction of sp³-hybridized carbons (Fsp3) is 0.500. The Balaban J connectivity index is 1.72. The zero-order valence-electron chi connectivity index (χ0n) is 12.4. The van der Waals surface area contributed by atoms with E-state index in [1.807, 2.05) is 0 Å². The predicted molar refractivity (Wildman–Crippen MR) is 84.1 cm³/mol. The van der Waals surface area contributed by atoms with Crippen LogP contribution in [0.4, 0.5) is 5.69 Å². The molecule has 0 radical (unpaired) electrons. The van der Waals surface area contributed by atoms with Crippen LogP contribution in [-0.2, 0) is 9.59 Å². The largest absolute Gasteiger partial charge is 0.466 e. The first-order valence-electron chi connectivity index (χ1n) is 7.57. The molecule has 0 aromatic heterocycles. The third-order valence-corrected chi connectivity index (χ3v) is 4.63. The number of hydrogen-bond acceptors (Lipinski definition) is 3. The molecule has 2 N–H and O–H groups in total. The van der Waals surface area contributed by atoms with Crippen LogP contribution in [0.2, 0.25) is 5.02 Å². The molecule has 2 amide bonds. The maximum atomic E-state index is 12.4. The van der Waals surface area contributed by atoms with Gasteiger partial charge in [0.25, 0.3) is 17.4 Å². The van der Waals surface area contributed by atoms with Gasteiger partial charge in [0.15, 0.2) is 0 Å². The summed E-state index contributed by atoms with van der Waals surface area (Å²) in [6.45, 7) is 2.09. The number of hydrogen-bond donors (Lipinski definition) is 2. The zero-order valence-corrected chi connectivity index (χ0v) is 13.2. The van der Waals surface area contributed by atoms with Crippen molar-refractivity contribution in [1.82, 2.24) is 5.32 Å². The molecule has 0 unspecified atom stereocenters. The predicted octanol–water partition coefficient (Wildman–Crippen LogP) is 2.74. The minimum absolute atomic E-state index is 0.405. The monoisotopic (exact) mass is 322 g/mol. The van der Waals surface area contributed by atoms with Gasteiger partial charge in [-0.3, -0.25) is 9.59 Å². The Morgan fingerprint density at radius 2 is 2.18 bits per heavy atom. The van der Waals surface area contributed by atoms with Crippen LogP contribution >= 0.6 is 11.6 Å². The molecule has 0 spiro atoms. The Kier molecular flexibility index (Phi) is 4.00. The number of carbonyl (C=O) groups excluding carboxylic acids is 2. The SMILES string of the molecule is C[C@@]1(C(=O)NCC2CCCC2)Oc2ccc(Cl)cc2NC1=O. The third kappa shape index (κ3) is 2.77. The highest BCUT2D eigenvalue weighted by molar-refractivity contribution is 6.31. The number of fused-ring (bicyclic) bond motifs is 1. The number of carbonyl (C=O) groups is 2. The van der Waals surface area contributed by atoms with Crippen molar-refractivity contribution in [2.75, 3.05) is 11.9 Å². The molecule has 22 heavy (non-hydrogen) atoms. The van der Waals surface area contributed by atoms with Gasteiger partial charge in [-0.2, -0.15) is 0 Å². The maximum absolute atomic E-state index is 12.4. The first-order chi connectivity index (χ1) is 10.5. The van der Waals surface area contributed by atoms with Gasteiger partial charge in [0.1, 0.15) is 5.75 Å². The van der Waals surface area contributed by atoms with Crippen LogP contribution < -0.4 is 15.4 Å². The molecule has 1 aromatic carbocycles. The van der Waals surface area contributed by atoms with Crippen molar-refractivity contribution in [3.8, 4) is 5.75 Å². The highest BCUT2D eigenvalue weighted by Gasteiger charge is 2.47. The topological polar surface area (TPSA) is 67.4 Å². The average molecular weight is 323 g/mol. The van der Waals surface area contributed by atoms with Gasteiger partial charge in [-0.1, -0.05) is 24.4 Å². The fourth-order valence-corrected chi connectivity index (χ4v) is 3.14. The van der Waals surface area contributed by atoms with Crippen LogP contribution in [0.25, 0.3) is 0 Å². The fourth-order valence-electron chi connectivity index (χ4n) is 2.97. The quantitative estimate of drug-likeness (QED) is 0.841. The van der Waals surface area contributed by atoms with E-state index in [-0.39, 0.29) is 0 Å². The van der Waals surface area contributed by atoms with Crippen molar-refractivity contribution in [2.45, 2.75) is 38.2 Å². The summed E-state index contributed by atoms with van der Waals surface area (Å²) in [5.74, 6) is 0.0662. The lowest BCUT2D eigenvalue weighted by Gasteiger charge is -2.33. The first kappa shape index (κ1) is 15.2. The Labute approximate surface area is 134 Å². The van der Waals surface area contributed by atoms with E-state index in [0.29, 0.717) is 28.9 Å². The molecular weight excluding hydrogens is 304 g/mol. The number of halogens is 1. The molecule has 3 rings (SSSR count). The molecule has 0 bridgehead atoms. The molecule has 5 nitrogen and oxygen atoms in total. The number of ether oxygens (including phenoxy) is 1. The minimum Gasteiger partial charge on any atom is -0.466 e. The number of amides is 2. The zero-order chi connectivity index (χ0) is 15.7. The van der Waals surface area contributed by atoms with Crippen LogP contribution in [-0.4, -0.2) is 24.0 Å². The Bertz CT molecular complexity index is 613. The highest BCUT2D eigenvalue weighted by Crippen LogP contribution is 2.35. The molecule has 2 aliphatic rings. The molecule has 0 saturated heterocycles. The summed E-state index contributed by atoms with van der Waals surface area (Å²) in [6.07, 6.45) is 4.68. The molecule has 1 saturated carbocycles. The number of anilines is 1. The standard InChI is InChI=1S/C16H19ClN2O3/c1-16(14(20)18-9-10-4-2-3-5-10)15(21)19-12-8-11(17)6-7-13(12)22-16/h6-8,10H,2-5,9H2,1H3,(H,18,20)(H,19,21)/t16-/m0/s1. The molecule has 1 fully saturated rings. The Morgan fingerprint density at radius 1 is 1.45 bits per heavy atom. The van der Waals surface area contributed by atoms with Crippen molar-refractivity contribution < 1.29 is 14.3 Å². The molecule has 118 valence electrons. The van der Waals surface area contributed by atoms with Gasteiger partial charge in [-0.25, -0.2) is 0 Å². The summed E-state index contributed by atoms with van der Waals surface area (Å²) in [6, 6.07) is 4.92. The maximum Gasteiger partial charge on any atom is 0.278 e. The second-order valence-corrected chi connectivity index (χ2v) is 6.53. The van der Waals surface area contributed by atoms with E-state index in [0.717, 1.165) is 12.8 Å². The summed E-state index contributed by atoms with van der Waals surface area (Å²) in [4.78, 5) is 24.7. The van der Waals surface area contributed by atoms with Gasteiger partial charge < -0.3 is 15.4 Å². The number of nitrogens with one attached hydrogen (secondary N) is 2. The average Bonchev–Trinajstić information content (AvgIpc) is 2.99. The Morgan fingerprint density at radius 3 is 2.91 bits per heavy atom. The molecule has 6 heteroatoms. The van der Waals surface area contributed by atoms with E-state index in [2.05, 4.69) is 10.6 Å². The van der Waals surface area contributed by atoms with Crippen LogP contribution in [0.3, 0.4) is 0 Å².